The van der Waals surface area contributed by atoms with Crippen molar-refractivity contribution >= 4 is 28.3 Å². The van der Waals surface area contributed by atoms with Crippen LogP contribution < -0.4 is 0 Å². The smallest absolute Gasteiger partial charge is 0.142 e. The topological polar surface area (TPSA) is 17.8 Å². The van der Waals surface area contributed by atoms with Gasteiger partial charge in [0.05, 0.1) is 21.8 Å². The van der Waals surface area contributed by atoms with Crippen molar-refractivity contribution in [3.63, 3.8) is 0 Å². The zero-order chi connectivity index (χ0) is 8.27. The van der Waals surface area contributed by atoms with E-state index in [1.54, 1.807) is 15.7 Å². The standard InChI is InChI=1S/C8H7BrN2/c1-3-5-7-6-11(9)8(4-2)10-7/h4-6H,1-2H2. The Morgan fingerprint density at radius 3 is 2.91 bits per heavy atom. The van der Waals surface area contributed by atoms with E-state index in [0.29, 0.717) is 0 Å². The Morgan fingerprint density at radius 1 is 1.73 bits per heavy atom. The van der Waals surface area contributed by atoms with E-state index in [9.17, 15) is 0 Å². The van der Waals surface area contributed by atoms with Crippen molar-refractivity contribution in [2.75, 3.05) is 0 Å². The molecule has 0 unspecified atom stereocenters. The molecule has 0 fully saturated rings. The first-order chi connectivity index (χ1) is 5.27. The van der Waals surface area contributed by atoms with Crippen molar-refractivity contribution in [3.05, 3.63) is 36.6 Å². The van der Waals surface area contributed by atoms with Gasteiger partial charge in [-0.05, 0) is 6.08 Å². The van der Waals surface area contributed by atoms with Gasteiger partial charge in [-0.1, -0.05) is 13.2 Å². The molecule has 11 heavy (non-hydrogen) atoms. The minimum Gasteiger partial charge on any atom is -0.266 e. The lowest BCUT2D eigenvalue weighted by molar-refractivity contribution is 1.21. The minimum atomic E-state index is 0.770. The summed E-state index contributed by atoms with van der Waals surface area (Å²) < 4.78 is 1.71. The molecule has 0 atom stereocenters. The molecule has 0 aromatic carbocycles. The van der Waals surface area contributed by atoms with Crippen LogP contribution in [0.3, 0.4) is 0 Å². The van der Waals surface area contributed by atoms with Gasteiger partial charge in [-0.25, -0.2) is 4.98 Å². The number of aromatic nitrogens is 2. The van der Waals surface area contributed by atoms with E-state index in [4.69, 9.17) is 0 Å². The highest BCUT2D eigenvalue weighted by atomic mass is 79.9. The van der Waals surface area contributed by atoms with E-state index in [1.807, 2.05) is 6.20 Å². The Morgan fingerprint density at radius 2 is 2.45 bits per heavy atom. The maximum Gasteiger partial charge on any atom is 0.142 e. The van der Waals surface area contributed by atoms with Crippen LogP contribution in [-0.2, 0) is 0 Å². The first-order valence-corrected chi connectivity index (χ1v) is 3.72. The molecular formula is C8H7BrN2. The fraction of sp³-hybridized carbons (Fsp3) is 0. The summed E-state index contributed by atoms with van der Waals surface area (Å²) in [6, 6.07) is 0. The van der Waals surface area contributed by atoms with Gasteiger partial charge in [0.25, 0.3) is 0 Å². The Bertz CT molecular complexity index is 319. The quantitative estimate of drug-likeness (QED) is 0.687. The predicted molar refractivity (Wildman–Crippen MR) is 50.2 cm³/mol. The molecule has 1 rings (SSSR count). The zero-order valence-corrected chi connectivity index (χ0v) is 7.50. The lowest BCUT2D eigenvalue weighted by Gasteiger charge is -1.85. The molecule has 3 heteroatoms. The van der Waals surface area contributed by atoms with Crippen LogP contribution in [0.4, 0.5) is 0 Å². The Labute approximate surface area is 73.9 Å². The molecule has 1 aromatic rings. The van der Waals surface area contributed by atoms with Crippen LogP contribution in [0.1, 0.15) is 11.5 Å². The lowest BCUT2D eigenvalue weighted by Crippen LogP contribution is -1.79. The summed E-state index contributed by atoms with van der Waals surface area (Å²) in [6.07, 6.45) is 5.18. The summed E-state index contributed by atoms with van der Waals surface area (Å²) in [5.41, 5.74) is 3.45. The molecule has 0 spiro atoms. The molecule has 1 heterocycles. The molecule has 0 saturated carbocycles. The van der Waals surface area contributed by atoms with E-state index in [-0.39, 0.29) is 0 Å². The number of rotatable bonds is 2. The summed E-state index contributed by atoms with van der Waals surface area (Å²) in [5, 5.41) is 0. The molecule has 56 valence electrons. The van der Waals surface area contributed by atoms with Crippen LogP contribution >= 0.6 is 16.1 Å². The summed E-state index contributed by atoms with van der Waals surface area (Å²) in [7, 11) is 0. The molecule has 0 radical (unpaired) electrons. The molecule has 1 aromatic heterocycles. The fourth-order valence-corrected chi connectivity index (χ4v) is 1.13. The number of imidazole rings is 1. The van der Waals surface area contributed by atoms with Gasteiger partial charge in [0.15, 0.2) is 0 Å². The van der Waals surface area contributed by atoms with Crippen molar-refractivity contribution in [2.45, 2.75) is 0 Å². The molecule has 0 aliphatic rings. The normalized spacial score (nSPS) is 8.82. The Hall–Kier alpha value is -1.05. The SMILES string of the molecule is C=C=Cc1cn(Br)c(C=C)n1. The van der Waals surface area contributed by atoms with Gasteiger partial charge in [0, 0.05) is 12.3 Å². The van der Waals surface area contributed by atoms with Crippen molar-refractivity contribution in [1.29, 1.82) is 0 Å². The highest BCUT2D eigenvalue weighted by molar-refractivity contribution is 9.08. The zero-order valence-electron chi connectivity index (χ0n) is 5.92. The highest BCUT2D eigenvalue weighted by Crippen LogP contribution is 2.08. The number of nitrogens with zero attached hydrogens (tertiary/aromatic N) is 2. The van der Waals surface area contributed by atoms with Crippen LogP contribution in [0.25, 0.3) is 12.2 Å². The number of hydrogen-bond donors (Lipinski definition) is 0. The molecule has 0 saturated heterocycles. The second kappa shape index (κ2) is 3.37. The third kappa shape index (κ3) is 1.70. The number of halogens is 1. The minimum absolute atomic E-state index is 0.770. The first-order valence-electron chi connectivity index (χ1n) is 3.01. The van der Waals surface area contributed by atoms with Crippen LogP contribution in [0.15, 0.2) is 25.1 Å². The van der Waals surface area contributed by atoms with Crippen molar-refractivity contribution in [1.82, 2.24) is 8.58 Å². The average Bonchev–Trinajstić information content (AvgIpc) is 2.32. The van der Waals surface area contributed by atoms with Gasteiger partial charge < -0.3 is 0 Å². The maximum absolute atomic E-state index is 4.16. The molecule has 2 nitrogen and oxygen atoms in total. The predicted octanol–water partition coefficient (Wildman–Crippen LogP) is 2.48. The van der Waals surface area contributed by atoms with E-state index in [2.05, 4.69) is 40.0 Å². The maximum atomic E-state index is 4.16. The summed E-state index contributed by atoms with van der Waals surface area (Å²) in [5.74, 6) is 0.770. The summed E-state index contributed by atoms with van der Waals surface area (Å²) in [6.45, 7) is 7.05. The van der Waals surface area contributed by atoms with Crippen molar-refractivity contribution < 1.29 is 0 Å². The molecular weight excluding hydrogens is 204 g/mol. The second-order valence-corrected chi connectivity index (χ2v) is 2.65. The molecule has 0 aliphatic carbocycles. The third-order valence-electron chi connectivity index (χ3n) is 1.14. The van der Waals surface area contributed by atoms with Gasteiger partial charge in [-0.3, -0.25) is 3.59 Å². The average molecular weight is 211 g/mol. The first kappa shape index (κ1) is 8.05. The summed E-state index contributed by atoms with van der Waals surface area (Å²) >= 11 is 3.26. The van der Waals surface area contributed by atoms with E-state index in [0.717, 1.165) is 11.5 Å². The fourth-order valence-electron chi connectivity index (χ4n) is 0.698. The molecule has 0 bridgehead atoms. The monoisotopic (exact) mass is 210 g/mol. The number of hydrogen-bond acceptors (Lipinski definition) is 1. The largest absolute Gasteiger partial charge is 0.266 e. The van der Waals surface area contributed by atoms with Crippen LogP contribution in [0, 0.1) is 0 Å². The van der Waals surface area contributed by atoms with Crippen molar-refractivity contribution in [2.24, 2.45) is 0 Å². The van der Waals surface area contributed by atoms with E-state index in [1.165, 1.54) is 0 Å². The van der Waals surface area contributed by atoms with Crippen LogP contribution in [0.2, 0.25) is 0 Å². The summed E-state index contributed by atoms with van der Waals surface area (Å²) in [4.78, 5) is 4.16. The lowest BCUT2D eigenvalue weighted by atomic mass is 10.5. The Kier molecular flexibility index (Phi) is 2.47. The molecule has 0 amide bonds. The molecule has 0 N–H and O–H groups in total. The molecule has 0 aliphatic heterocycles. The van der Waals surface area contributed by atoms with E-state index >= 15 is 0 Å². The second-order valence-electron chi connectivity index (χ2n) is 1.89. The van der Waals surface area contributed by atoms with E-state index < -0.39 is 0 Å². The third-order valence-corrected chi connectivity index (χ3v) is 1.71. The van der Waals surface area contributed by atoms with Gasteiger partial charge >= 0.3 is 0 Å². The van der Waals surface area contributed by atoms with Crippen LogP contribution in [0.5, 0.6) is 0 Å². The van der Waals surface area contributed by atoms with Gasteiger partial charge in [-0.15, -0.1) is 5.73 Å². The van der Waals surface area contributed by atoms with Crippen molar-refractivity contribution in [3.8, 4) is 0 Å². The highest BCUT2D eigenvalue weighted by Gasteiger charge is 1.98. The van der Waals surface area contributed by atoms with Gasteiger partial charge in [0.2, 0.25) is 0 Å². The Balaban J connectivity index is 3.13. The van der Waals surface area contributed by atoms with Gasteiger partial charge in [-0.2, -0.15) is 0 Å². The van der Waals surface area contributed by atoms with Crippen LogP contribution in [-0.4, -0.2) is 8.58 Å². The van der Waals surface area contributed by atoms with Gasteiger partial charge in [0.1, 0.15) is 5.82 Å².